The van der Waals surface area contributed by atoms with Crippen LogP contribution in [0.25, 0.3) is 0 Å². The van der Waals surface area contributed by atoms with Gasteiger partial charge in [0.1, 0.15) is 0 Å². The minimum absolute atomic E-state index is 0.0972. The molecule has 4 rings (SSSR count). The molecule has 0 aromatic rings. The molecule has 0 aliphatic carbocycles. The SMILES string of the molecule is O[C@@H]1CO[C@@H]2OCC[C@@H]21.O[C@H]1CO[C@H]2OCC[C@H]21. The molecule has 0 spiro atoms. The minimum atomic E-state index is -0.280. The standard InChI is InChI=1S/2C6H10O3/c2*7-5-3-9-6-4(5)1-2-8-6/h2*4-7H,1-3H2/t2*4-,5-,6+/m10/s1. The smallest absolute Gasteiger partial charge is 0.163 e. The Morgan fingerprint density at radius 2 is 1.11 bits per heavy atom. The molecule has 104 valence electrons. The van der Waals surface area contributed by atoms with Crippen molar-refractivity contribution in [2.45, 2.75) is 37.6 Å². The summed E-state index contributed by atoms with van der Waals surface area (Å²) in [7, 11) is 0. The largest absolute Gasteiger partial charge is 0.390 e. The Hall–Kier alpha value is -0.240. The molecule has 6 nitrogen and oxygen atoms in total. The highest BCUT2D eigenvalue weighted by molar-refractivity contribution is 4.82. The first-order valence-corrected chi connectivity index (χ1v) is 6.58. The fraction of sp³-hybridized carbons (Fsp3) is 1.00. The van der Waals surface area contributed by atoms with E-state index in [0.29, 0.717) is 13.2 Å². The normalized spacial score (nSPS) is 49.7. The van der Waals surface area contributed by atoms with Gasteiger partial charge in [0.2, 0.25) is 0 Å². The van der Waals surface area contributed by atoms with Gasteiger partial charge in [-0.15, -0.1) is 0 Å². The Morgan fingerprint density at radius 3 is 1.50 bits per heavy atom. The first kappa shape index (κ1) is 12.8. The average molecular weight is 260 g/mol. The summed E-state index contributed by atoms with van der Waals surface area (Å²) in [6, 6.07) is 0. The van der Waals surface area contributed by atoms with Crippen LogP contribution in [0.5, 0.6) is 0 Å². The van der Waals surface area contributed by atoms with Gasteiger partial charge in [0.15, 0.2) is 12.6 Å². The van der Waals surface area contributed by atoms with Crippen molar-refractivity contribution in [2.75, 3.05) is 26.4 Å². The third-order valence-corrected chi connectivity index (χ3v) is 4.02. The van der Waals surface area contributed by atoms with Gasteiger partial charge in [0.25, 0.3) is 0 Å². The van der Waals surface area contributed by atoms with Gasteiger partial charge in [0, 0.05) is 11.8 Å². The van der Waals surface area contributed by atoms with Crippen molar-refractivity contribution in [3.8, 4) is 0 Å². The molecule has 0 bridgehead atoms. The van der Waals surface area contributed by atoms with Gasteiger partial charge in [-0.05, 0) is 12.8 Å². The monoisotopic (exact) mass is 260 g/mol. The molecule has 4 fully saturated rings. The molecule has 6 atom stereocenters. The highest BCUT2D eigenvalue weighted by Gasteiger charge is 2.41. The molecule has 4 aliphatic rings. The summed E-state index contributed by atoms with van der Waals surface area (Å²) in [6.45, 7) is 2.39. The van der Waals surface area contributed by atoms with Gasteiger partial charge >= 0.3 is 0 Å². The number of aliphatic hydroxyl groups is 2. The molecular formula is C12H20O6. The predicted octanol–water partition coefficient (Wildman–Crippen LogP) is -0.520. The third-order valence-electron chi connectivity index (χ3n) is 4.02. The van der Waals surface area contributed by atoms with Crippen LogP contribution < -0.4 is 0 Å². The lowest BCUT2D eigenvalue weighted by Crippen LogP contribution is -2.18. The highest BCUT2D eigenvalue weighted by Crippen LogP contribution is 2.31. The van der Waals surface area contributed by atoms with Crippen LogP contribution in [0.4, 0.5) is 0 Å². The summed E-state index contributed by atoms with van der Waals surface area (Å²) in [5, 5.41) is 18.4. The van der Waals surface area contributed by atoms with Crippen molar-refractivity contribution in [3.63, 3.8) is 0 Å². The first-order chi connectivity index (χ1) is 8.75. The molecule has 0 amide bonds. The second-order valence-electron chi connectivity index (χ2n) is 5.18. The Balaban J connectivity index is 0.000000111. The zero-order valence-electron chi connectivity index (χ0n) is 10.2. The number of hydrogen-bond donors (Lipinski definition) is 2. The predicted molar refractivity (Wildman–Crippen MR) is 59.6 cm³/mol. The van der Waals surface area contributed by atoms with Crippen molar-refractivity contribution < 1.29 is 29.2 Å². The average Bonchev–Trinajstić information content (AvgIpc) is 3.06. The van der Waals surface area contributed by atoms with Gasteiger partial charge in [-0.25, -0.2) is 0 Å². The van der Waals surface area contributed by atoms with Crippen molar-refractivity contribution >= 4 is 0 Å². The maximum atomic E-state index is 9.19. The maximum Gasteiger partial charge on any atom is 0.163 e. The van der Waals surface area contributed by atoms with Crippen LogP contribution in [0.1, 0.15) is 12.8 Å². The zero-order chi connectivity index (χ0) is 12.5. The fourth-order valence-electron chi connectivity index (χ4n) is 2.88. The number of fused-ring (bicyclic) bond motifs is 2. The Kier molecular flexibility index (Phi) is 3.83. The van der Waals surface area contributed by atoms with Crippen molar-refractivity contribution in [3.05, 3.63) is 0 Å². The van der Waals surface area contributed by atoms with Crippen molar-refractivity contribution in [1.29, 1.82) is 0 Å². The van der Waals surface area contributed by atoms with E-state index in [2.05, 4.69) is 0 Å². The molecule has 6 heteroatoms. The summed E-state index contributed by atoms with van der Waals surface area (Å²) >= 11 is 0. The second-order valence-corrected chi connectivity index (χ2v) is 5.18. The van der Waals surface area contributed by atoms with Crippen LogP contribution in [0, 0.1) is 11.8 Å². The van der Waals surface area contributed by atoms with Crippen LogP contribution in [-0.4, -0.2) is 61.4 Å². The van der Waals surface area contributed by atoms with Gasteiger partial charge in [0.05, 0.1) is 38.6 Å². The fourth-order valence-corrected chi connectivity index (χ4v) is 2.88. The summed E-state index contributed by atoms with van der Waals surface area (Å²) in [6.07, 6.45) is 1.15. The minimum Gasteiger partial charge on any atom is -0.390 e. The van der Waals surface area contributed by atoms with Gasteiger partial charge in [-0.3, -0.25) is 0 Å². The van der Waals surface area contributed by atoms with E-state index in [0.717, 1.165) is 26.1 Å². The van der Waals surface area contributed by atoms with Crippen LogP contribution in [0.15, 0.2) is 0 Å². The Bertz CT molecular complexity index is 258. The van der Waals surface area contributed by atoms with Gasteiger partial charge < -0.3 is 29.2 Å². The molecule has 0 aromatic heterocycles. The summed E-state index contributed by atoms with van der Waals surface area (Å²) < 4.78 is 20.6. The number of rotatable bonds is 0. The van der Waals surface area contributed by atoms with E-state index in [1.54, 1.807) is 0 Å². The molecule has 0 unspecified atom stereocenters. The van der Waals surface area contributed by atoms with Crippen LogP contribution in [-0.2, 0) is 18.9 Å². The van der Waals surface area contributed by atoms with Crippen LogP contribution >= 0.6 is 0 Å². The lowest BCUT2D eigenvalue weighted by atomic mass is 10.0. The summed E-state index contributed by atoms with van der Waals surface area (Å²) in [4.78, 5) is 0. The van der Waals surface area contributed by atoms with Crippen LogP contribution in [0.3, 0.4) is 0 Å². The number of aliphatic hydroxyl groups excluding tert-OH is 2. The van der Waals surface area contributed by atoms with E-state index in [1.165, 1.54) is 0 Å². The van der Waals surface area contributed by atoms with E-state index in [4.69, 9.17) is 18.9 Å². The van der Waals surface area contributed by atoms with Gasteiger partial charge in [-0.2, -0.15) is 0 Å². The molecule has 18 heavy (non-hydrogen) atoms. The zero-order valence-corrected chi connectivity index (χ0v) is 10.2. The van der Waals surface area contributed by atoms with Gasteiger partial charge in [-0.1, -0.05) is 0 Å². The van der Waals surface area contributed by atoms with E-state index in [9.17, 15) is 10.2 Å². The second kappa shape index (κ2) is 5.40. The summed E-state index contributed by atoms with van der Waals surface area (Å²) in [5.41, 5.74) is 0. The Morgan fingerprint density at radius 1 is 0.667 bits per heavy atom. The van der Waals surface area contributed by atoms with E-state index < -0.39 is 0 Å². The third kappa shape index (κ3) is 2.41. The molecule has 4 saturated heterocycles. The lowest BCUT2D eigenvalue weighted by Gasteiger charge is -2.06. The quantitative estimate of drug-likeness (QED) is 0.610. The molecule has 0 radical (unpaired) electrons. The topological polar surface area (TPSA) is 77.4 Å². The molecule has 4 heterocycles. The van der Waals surface area contributed by atoms with E-state index in [-0.39, 0.29) is 36.6 Å². The molecule has 0 saturated carbocycles. The maximum absolute atomic E-state index is 9.19. The molecule has 0 aromatic carbocycles. The van der Waals surface area contributed by atoms with Crippen molar-refractivity contribution in [2.24, 2.45) is 11.8 Å². The Labute approximate surface area is 106 Å². The highest BCUT2D eigenvalue weighted by atomic mass is 16.7. The molecule has 2 N–H and O–H groups in total. The van der Waals surface area contributed by atoms with E-state index in [1.807, 2.05) is 0 Å². The lowest BCUT2D eigenvalue weighted by molar-refractivity contribution is -0.0909. The van der Waals surface area contributed by atoms with Crippen LogP contribution in [0.2, 0.25) is 0 Å². The number of ether oxygens (including phenoxy) is 4. The molecule has 4 aliphatic heterocycles. The summed E-state index contributed by atoms with van der Waals surface area (Å²) in [5.74, 6) is 0.509. The molecular weight excluding hydrogens is 240 g/mol. The first-order valence-electron chi connectivity index (χ1n) is 6.58. The van der Waals surface area contributed by atoms with E-state index >= 15 is 0 Å². The van der Waals surface area contributed by atoms with Crippen molar-refractivity contribution in [1.82, 2.24) is 0 Å². The number of hydrogen-bond acceptors (Lipinski definition) is 6.